The lowest BCUT2D eigenvalue weighted by molar-refractivity contribution is 0.0800. The molecule has 0 aromatic carbocycles. The predicted octanol–water partition coefficient (Wildman–Crippen LogP) is -0.892. The van der Waals surface area contributed by atoms with Gasteiger partial charge >= 0.3 is 0 Å². The quantitative estimate of drug-likeness (QED) is 0.377. The molecule has 3 rings (SSSR count). The van der Waals surface area contributed by atoms with Crippen LogP contribution in [0.2, 0.25) is 0 Å². The first kappa shape index (κ1) is 13.5. The van der Waals surface area contributed by atoms with Gasteiger partial charge in [0.25, 0.3) is 5.56 Å². The van der Waals surface area contributed by atoms with Crippen LogP contribution >= 0.6 is 0 Å². The van der Waals surface area contributed by atoms with E-state index < -0.39 is 29.7 Å². The van der Waals surface area contributed by atoms with Crippen molar-refractivity contribution in [3.63, 3.8) is 0 Å². The van der Waals surface area contributed by atoms with Gasteiger partial charge in [-0.15, -0.1) is 5.10 Å². The van der Waals surface area contributed by atoms with Crippen LogP contribution in [0.25, 0.3) is 21.6 Å². The monoisotopic (exact) mass is 292 g/mol. The number of aromatic nitrogens is 5. The molecule has 1 aliphatic rings. The second-order valence-electron chi connectivity index (χ2n) is 4.87. The SMILES string of the molecule is [N-]=[N+]=NC1C(O)C(CO)CC1n1nnc2c(=O)[nH]cnc21. The molecule has 1 fully saturated rings. The van der Waals surface area contributed by atoms with E-state index in [2.05, 4.69) is 30.3 Å². The van der Waals surface area contributed by atoms with E-state index in [9.17, 15) is 15.0 Å². The summed E-state index contributed by atoms with van der Waals surface area (Å²) in [5.74, 6) is -0.438. The third-order valence-electron chi connectivity index (χ3n) is 3.77. The van der Waals surface area contributed by atoms with Gasteiger partial charge in [-0.2, -0.15) is 0 Å². The maximum absolute atomic E-state index is 11.6. The molecule has 4 atom stereocenters. The van der Waals surface area contributed by atoms with Crippen LogP contribution in [-0.2, 0) is 0 Å². The Morgan fingerprint density at radius 1 is 1.62 bits per heavy atom. The molecule has 2 heterocycles. The number of hydrogen-bond donors (Lipinski definition) is 3. The maximum Gasteiger partial charge on any atom is 0.280 e. The van der Waals surface area contributed by atoms with Crippen molar-refractivity contribution in [2.24, 2.45) is 11.0 Å². The molecule has 4 unspecified atom stereocenters. The highest BCUT2D eigenvalue weighted by atomic mass is 16.3. The van der Waals surface area contributed by atoms with Gasteiger partial charge in [-0.1, -0.05) is 10.3 Å². The van der Waals surface area contributed by atoms with Crippen LogP contribution in [0.5, 0.6) is 0 Å². The second kappa shape index (κ2) is 5.13. The summed E-state index contributed by atoms with van der Waals surface area (Å²) in [7, 11) is 0. The molecule has 11 heteroatoms. The minimum Gasteiger partial charge on any atom is -0.396 e. The Bertz CT molecular complexity index is 763. The summed E-state index contributed by atoms with van der Waals surface area (Å²) in [5, 5.41) is 30.6. The van der Waals surface area contributed by atoms with E-state index in [1.165, 1.54) is 11.0 Å². The van der Waals surface area contributed by atoms with E-state index in [0.717, 1.165) is 0 Å². The smallest absolute Gasteiger partial charge is 0.280 e. The molecule has 11 nitrogen and oxygen atoms in total. The Morgan fingerprint density at radius 2 is 2.43 bits per heavy atom. The van der Waals surface area contributed by atoms with E-state index in [4.69, 9.17) is 5.53 Å². The standard InChI is InChI=1S/C10H12N8O3/c11-16-14-6-5(1-4(2-19)8(6)20)18-9-7(15-17-18)10(21)13-3-12-9/h3-6,8,19-20H,1-2H2,(H,12,13,21). The summed E-state index contributed by atoms with van der Waals surface area (Å²) < 4.78 is 1.36. The molecule has 21 heavy (non-hydrogen) atoms. The minimum absolute atomic E-state index is 0.0686. The van der Waals surface area contributed by atoms with Crippen LogP contribution < -0.4 is 5.56 Å². The first-order chi connectivity index (χ1) is 10.2. The van der Waals surface area contributed by atoms with E-state index in [1.807, 2.05) is 0 Å². The summed E-state index contributed by atoms with van der Waals surface area (Å²) in [6, 6.07) is -1.33. The molecule has 2 aromatic rings. The normalized spacial score (nSPS) is 28.7. The highest BCUT2D eigenvalue weighted by Gasteiger charge is 2.44. The van der Waals surface area contributed by atoms with Crippen LogP contribution in [-0.4, -0.2) is 53.9 Å². The Morgan fingerprint density at radius 3 is 3.14 bits per heavy atom. The zero-order chi connectivity index (χ0) is 15.0. The van der Waals surface area contributed by atoms with Gasteiger partial charge in [0.1, 0.15) is 0 Å². The molecule has 0 amide bonds. The summed E-state index contributed by atoms with van der Waals surface area (Å²) in [6.07, 6.45) is 0.577. The Kier molecular flexibility index (Phi) is 3.29. The van der Waals surface area contributed by atoms with E-state index in [-0.39, 0.29) is 17.8 Å². The van der Waals surface area contributed by atoms with Crippen molar-refractivity contribution in [1.82, 2.24) is 25.0 Å². The maximum atomic E-state index is 11.6. The number of aromatic amines is 1. The van der Waals surface area contributed by atoms with Gasteiger partial charge in [0.15, 0.2) is 11.2 Å². The topological polar surface area (TPSA) is 166 Å². The number of nitrogens with one attached hydrogen (secondary N) is 1. The van der Waals surface area contributed by atoms with E-state index in [0.29, 0.717) is 6.42 Å². The first-order valence-electron chi connectivity index (χ1n) is 6.29. The van der Waals surface area contributed by atoms with Crippen LogP contribution in [0.3, 0.4) is 0 Å². The number of H-pyrrole nitrogens is 1. The average molecular weight is 292 g/mol. The van der Waals surface area contributed by atoms with Crippen molar-refractivity contribution >= 4 is 11.2 Å². The molecular weight excluding hydrogens is 280 g/mol. The van der Waals surface area contributed by atoms with Crippen molar-refractivity contribution in [3.8, 4) is 0 Å². The molecule has 0 saturated heterocycles. The molecule has 110 valence electrons. The van der Waals surface area contributed by atoms with Gasteiger partial charge in [-0.25, -0.2) is 9.67 Å². The van der Waals surface area contributed by atoms with Gasteiger partial charge in [-0.05, 0) is 12.0 Å². The lowest BCUT2D eigenvalue weighted by Gasteiger charge is -2.17. The van der Waals surface area contributed by atoms with Crippen molar-refractivity contribution in [2.75, 3.05) is 6.61 Å². The summed E-state index contributed by atoms with van der Waals surface area (Å²) in [4.78, 5) is 20.8. The number of nitrogens with zero attached hydrogens (tertiary/aromatic N) is 7. The first-order valence-corrected chi connectivity index (χ1v) is 6.29. The molecular formula is C10H12N8O3. The molecule has 0 bridgehead atoms. The zero-order valence-corrected chi connectivity index (χ0v) is 10.7. The fourth-order valence-corrected chi connectivity index (χ4v) is 2.73. The van der Waals surface area contributed by atoms with Crippen molar-refractivity contribution in [3.05, 3.63) is 27.1 Å². The molecule has 2 aromatic heterocycles. The molecule has 1 aliphatic carbocycles. The summed E-state index contributed by atoms with van der Waals surface area (Å²) in [6.45, 7) is -0.240. The molecule has 0 spiro atoms. The number of azide groups is 1. The largest absolute Gasteiger partial charge is 0.396 e. The fraction of sp³-hybridized carbons (Fsp3) is 0.600. The highest BCUT2D eigenvalue weighted by Crippen LogP contribution is 2.37. The van der Waals surface area contributed by atoms with Crippen molar-refractivity contribution < 1.29 is 10.2 Å². The predicted molar refractivity (Wildman–Crippen MR) is 69.1 cm³/mol. The van der Waals surface area contributed by atoms with Gasteiger partial charge in [0, 0.05) is 17.4 Å². The van der Waals surface area contributed by atoms with Crippen LogP contribution in [0.1, 0.15) is 12.5 Å². The number of aliphatic hydroxyl groups is 2. The van der Waals surface area contributed by atoms with Crippen molar-refractivity contribution in [1.29, 1.82) is 0 Å². The zero-order valence-electron chi connectivity index (χ0n) is 10.7. The fourth-order valence-electron chi connectivity index (χ4n) is 2.73. The molecule has 3 N–H and O–H groups in total. The number of aliphatic hydroxyl groups excluding tert-OH is 2. The minimum atomic E-state index is -0.989. The Labute approximate surface area is 116 Å². The number of fused-ring (bicyclic) bond motifs is 1. The number of hydrogen-bond acceptors (Lipinski definition) is 7. The lowest BCUT2D eigenvalue weighted by atomic mass is 10.1. The van der Waals surface area contributed by atoms with Crippen LogP contribution in [0.15, 0.2) is 16.2 Å². The van der Waals surface area contributed by atoms with Crippen molar-refractivity contribution in [2.45, 2.75) is 24.6 Å². The lowest BCUT2D eigenvalue weighted by Crippen LogP contribution is -2.29. The molecule has 0 radical (unpaired) electrons. The summed E-state index contributed by atoms with van der Waals surface area (Å²) >= 11 is 0. The third-order valence-corrected chi connectivity index (χ3v) is 3.77. The average Bonchev–Trinajstić information content (AvgIpc) is 3.03. The Balaban J connectivity index is 2.10. The van der Waals surface area contributed by atoms with Crippen LogP contribution in [0, 0.1) is 5.92 Å². The van der Waals surface area contributed by atoms with Gasteiger partial charge in [0.05, 0.1) is 24.5 Å². The van der Waals surface area contributed by atoms with E-state index >= 15 is 0 Å². The highest BCUT2D eigenvalue weighted by molar-refractivity contribution is 5.67. The van der Waals surface area contributed by atoms with Gasteiger partial charge in [0.2, 0.25) is 0 Å². The van der Waals surface area contributed by atoms with Gasteiger partial charge < -0.3 is 15.2 Å². The second-order valence-corrected chi connectivity index (χ2v) is 4.87. The van der Waals surface area contributed by atoms with Gasteiger partial charge in [-0.3, -0.25) is 4.79 Å². The molecule has 1 saturated carbocycles. The van der Waals surface area contributed by atoms with E-state index in [1.54, 1.807) is 0 Å². The van der Waals surface area contributed by atoms with Crippen LogP contribution in [0.4, 0.5) is 0 Å². The molecule has 0 aliphatic heterocycles. The number of rotatable bonds is 3. The summed E-state index contributed by atoms with van der Waals surface area (Å²) in [5.41, 5.74) is 8.53. The Hall–Kier alpha value is -2.49. The third kappa shape index (κ3) is 2.03.